The third-order valence-electron chi connectivity index (χ3n) is 3.82. The molecule has 106 valence electrons. The van der Waals surface area contributed by atoms with E-state index in [0.29, 0.717) is 6.04 Å². The molecule has 1 aliphatic carbocycles. The number of anilines is 1. The molecule has 1 saturated carbocycles. The van der Waals surface area contributed by atoms with E-state index in [1.165, 1.54) is 32.1 Å². The third-order valence-corrected chi connectivity index (χ3v) is 4.23. The Morgan fingerprint density at radius 2 is 2.11 bits per heavy atom. The summed E-state index contributed by atoms with van der Waals surface area (Å²) in [5.41, 5.74) is 0. The average Bonchev–Trinajstić information content (AvgIpc) is 2.54. The van der Waals surface area contributed by atoms with Gasteiger partial charge in [-0.05, 0) is 47.5 Å². The van der Waals surface area contributed by atoms with Crippen LogP contribution in [0.2, 0.25) is 0 Å². The fraction of sp³-hybridized carbons (Fsp3) is 0.733. The van der Waals surface area contributed by atoms with Crippen LogP contribution in [-0.2, 0) is 6.42 Å². The highest BCUT2D eigenvalue weighted by Crippen LogP contribution is 2.25. The largest absolute Gasteiger partial charge is 0.367 e. The van der Waals surface area contributed by atoms with Crippen molar-refractivity contribution in [3.63, 3.8) is 0 Å². The first-order chi connectivity index (χ1) is 9.17. The van der Waals surface area contributed by atoms with E-state index < -0.39 is 0 Å². The van der Waals surface area contributed by atoms with Gasteiger partial charge in [-0.15, -0.1) is 0 Å². The average molecular weight is 326 g/mol. The molecule has 1 aromatic heterocycles. The SMILES string of the molecule is CCCc1nc(Br)cc(NC2CCCC(C)CC2)n1. The number of hydrogen-bond acceptors (Lipinski definition) is 3. The van der Waals surface area contributed by atoms with E-state index in [1.807, 2.05) is 6.07 Å². The molecule has 0 aromatic carbocycles. The lowest BCUT2D eigenvalue weighted by molar-refractivity contribution is 0.501. The van der Waals surface area contributed by atoms with Crippen LogP contribution in [0, 0.1) is 5.92 Å². The summed E-state index contributed by atoms with van der Waals surface area (Å²) in [5, 5.41) is 3.60. The van der Waals surface area contributed by atoms with Crippen LogP contribution in [0.15, 0.2) is 10.7 Å². The zero-order chi connectivity index (χ0) is 13.7. The molecular weight excluding hydrogens is 302 g/mol. The number of nitrogens with one attached hydrogen (secondary N) is 1. The zero-order valence-corrected chi connectivity index (χ0v) is 13.5. The molecule has 0 aliphatic heterocycles. The van der Waals surface area contributed by atoms with Gasteiger partial charge in [0, 0.05) is 18.5 Å². The Morgan fingerprint density at radius 3 is 2.89 bits per heavy atom. The smallest absolute Gasteiger partial charge is 0.132 e. The van der Waals surface area contributed by atoms with Crippen molar-refractivity contribution in [3.8, 4) is 0 Å². The van der Waals surface area contributed by atoms with Crippen molar-refractivity contribution in [2.75, 3.05) is 5.32 Å². The quantitative estimate of drug-likeness (QED) is 0.650. The predicted molar refractivity (Wildman–Crippen MR) is 83.4 cm³/mol. The topological polar surface area (TPSA) is 37.8 Å². The first-order valence-electron chi connectivity index (χ1n) is 7.47. The zero-order valence-electron chi connectivity index (χ0n) is 12.0. The van der Waals surface area contributed by atoms with Crippen molar-refractivity contribution in [2.24, 2.45) is 5.92 Å². The second-order valence-corrected chi connectivity index (χ2v) is 6.51. The molecule has 0 bridgehead atoms. The van der Waals surface area contributed by atoms with Gasteiger partial charge < -0.3 is 5.32 Å². The van der Waals surface area contributed by atoms with E-state index in [-0.39, 0.29) is 0 Å². The molecule has 0 radical (unpaired) electrons. The summed E-state index contributed by atoms with van der Waals surface area (Å²) in [5.74, 6) is 2.78. The van der Waals surface area contributed by atoms with E-state index in [4.69, 9.17) is 0 Å². The molecule has 19 heavy (non-hydrogen) atoms. The summed E-state index contributed by atoms with van der Waals surface area (Å²) in [4.78, 5) is 9.03. The van der Waals surface area contributed by atoms with Crippen molar-refractivity contribution in [1.29, 1.82) is 0 Å². The molecule has 2 atom stereocenters. The van der Waals surface area contributed by atoms with Crippen LogP contribution in [0.3, 0.4) is 0 Å². The molecule has 1 heterocycles. The number of aromatic nitrogens is 2. The summed E-state index contributed by atoms with van der Waals surface area (Å²) >= 11 is 3.48. The second kappa shape index (κ2) is 7.22. The van der Waals surface area contributed by atoms with E-state index >= 15 is 0 Å². The fourth-order valence-corrected chi connectivity index (χ4v) is 3.14. The Bertz CT molecular complexity index is 408. The first kappa shape index (κ1) is 14.8. The number of hydrogen-bond donors (Lipinski definition) is 1. The van der Waals surface area contributed by atoms with Crippen molar-refractivity contribution in [1.82, 2.24) is 9.97 Å². The van der Waals surface area contributed by atoms with Crippen LogP contribution in [0.5, 0.6) is 0 Å². The van der Waals surface area contributed by atoms with Crippen molar-refractivity contribution in [2.45, 2.75) is 64.8 Å². The normalized spacial score (nSPS) is 23.9. The van der Waals surface area contributed by atoms with Gasteiger partial charge in [-0.25, -0.2) is 9.97 Å². The minimum absolute atomic E-state index is 0.571. The molecule has 1 fully saturated rings. The molecule has 1 aromatic rings. The van der Waals surface area contributed by atoms with Crippen molar-refractivity contribution >= 4 is 21.7 Å². The van der Waals surface area contributed by atoms with E-state index in [0.717, 1.165) is 35.0 Å². The van der Waals surface area contributed by atoms with Gasteiger partial charge in [-0.1, -0.05) is 26.7 Å². The van der Waals surface area contributed by atoms with Gasteiger partial charge in [-0.2, -0.15) is 0 Å². The summed E-state index contributed by atoms with van der Waals surface area (Å²) in [6, 6.07) is 2.56. The summed E-state index contributed by atoms with van der Waals surface area (Å²) in [6.07, 6.45) is 8.55. The van der Waals surface area contributed by atoms with Gasteiger partial charge in [0.05, 0.1) is 0 Å². The fourth-order valence-electron chi connectivity index (χ4n) is 2.71. The highest BCUT2D eigenvalue weighted by Gasteiger charge is 2.16. The Hall–Kier alpha value is -0.640. The molecule has 0 spiro atoms. The third kappa shape index (κ3) is 4.75. The van der Waals surface area contributed by atoms with Crippen molar-refractivity contribution < 1.29 is 0 Å². The molecule has 0 saturated heterocycles. The monoisotopic (exact) mass is 325 g/mol. The van der Waals surface area contributed by atoms with Crippen LogP contribution < -0.4 is 5.32 Å². The maximum Gasteiger partial charge on any atom is 0.132 e. The van der Waals surface area contributed by atoms with Gasteiger partial charge in [-0.3, -0.25) is 0 Å². The van der Waals surface area contributed by atoms with Crippen LogP contribution >= 0.6 is 15.9 Å². The van der Waals surface area contributed by atoms with Gasteiger partial charge >= 0.3 is 0 Å². The minimum Gasteiger partial charge on any atom is -0.367 e. The molecular formula is C15H24BrN3. The van der Waals surface area contributed by atoms with Gasteiger partial charge in [0.2, 0.25) is 0 Å². The molecule has 1 aliphatic rings. The van der Waals surface area contributed by atoms with Crippen LogP contribution in [0.1, 0.15) is 58.2 Å². The molecule has 4 heteroatoms. The van der Waals surface area contributed by atoms with E-state index in [1.54, 1.807) is 0 Å². The summed E-state index contributed by atoms with van der Waals surface area (Å²) < 4.78 is 0.885. The Kier molecular flexibility index (Phi) is 5.61. The van der Waals surface area contributed by atoms with Gasteiger partial charge in [0.1, 0.15) is 16.2 Å². The Morgan fingerprint density at radius 1 is 1.26 bits per heavy atom. The van der Waals surface area contributed by atoms with Gasteiger partial charge in [0.15, 0.2) is 0 Å². The van der Waals surface area contributed by atoms with Crippen LogP contribution in [-0.4, -0.2) is 16.0 Å². The lowest BCUT2D eigenvalue weighted by atomic mass is 10.0. The maximum absolute atomic E-state index is 4.61. The molecule has 1 N–H and O–H groups in total. The standard InChI is InChI=1S/C15H24BrN3/c1-3-5-14-18-13(16)10-15(19-14)17-12-7-4-6-11(2)8-9-12/h10-12H,3-9H2,1-2H3,(H,17,18,19). The minimum atomic E-state index is 0.571. The lowest BCUT2D eigenvalue weighted by Crippen LogP contribution is -2.19. The summed E-state index contributed by atoms with van der Waals surface area (Å²) in [6.45, 7) is 4.52. The highest BCUT2D eigenvalue weighted by atomic mass is 79.9. The number of nitrogens with zero attached hydrogens (tertiary/aromatic N) is 2. The highest BCUT2D eigenvalue weighted by molar-refractivity contribution is 9.10. The second-order valence-electron chi connectivity index (χ2n) is 5.70. The van der Waals surface area contributed by atoms with Gasteiger partial charge in [0.25, 0.3) is 0 Å². The Labute approximate surface area is 124 Å². The molecule has 3 nitrogen and oxygen atoms in total. The Balaban J connectivity index is 2.01. The summed E-state index contributed by atoms with van der Waals surface area (Å²) in [7, 11) is 0. The predicted octanol–water partition coefficient (Wildman–Crippen LogP) is 4.57. The molecule has 2 rings (SSSR count). The molecule has 0 amide bonds. The van der Waals surface area contributed by atoms with E-state index in [2.05, 4.69) is 45.1 Å². The lowest BCUT2D eigenvalue weighted by Gasteiger charge is -2.17. The van der Waals surface area contributed by atoms with Crippen LogP contribution in [0.25, 0.3) is 0 Å². The first-order valence-corrected chi connectivity index (χ1v) is 8.26. The maximum atomic E-state index is 4.61. The van der Waals surface area contributed by atoms with Crippen molar-refractivity contribution in [3.05, 3.63) is 16.5 Å². The molecule has 2 unspecified atom stereocenters. The van der Waals surface area contributed by atoms with E-state index in [9.17, 15) is 0 Å². The number of rotatable bonds is 4. The number of halogens is 1. The van der Waals surface area contributed by atoms with Crippen LogP contribution in [0.4, 0.5) is 5.82 Å². The number of aryl methyl sites for hydroxylation is 1.